The van der Waals surface area contributed by atoms with Crippen LogP contribution in [0.1, 0.15) is 45.9 Å². The Labute approximate surface area is 223 Å². The number of fused-ring (bicyclic) bond motifs is 1. The van der Waals surface area contributed by atoms with E-state index in [0.29, 0.717) is 17.0 Å². The lowest BCUT2D eigenvalue weighted by atomic mass is 9.87. The zero-order valence-corrected chi connectivity index (χ0v) is 22.0. The van der Waals surface area contributed by atoms with Crippen molar-refractivity contribution in [1.82, 2.24) is 5.32 Å². The average molecular weight is 527 g/mol. The summed E-state index contributed by atoms with van der Waals surface area (Å²) in [7, 11) is -2.48. The zero-order valence-electron chi connectivity index (χ0n) is 21.2. The third-order valence-corrected chi connectivity index (χ3v) is 8.68. The number of hydrogen-bond acceptors (Lipinski definition) is 4. The van der Waals surface area contributed by atoms with Gasteiger partial charge in [-0.15, -0.1) is 0 Å². The van der Waals surface area contributed by atoms with Gasteiger partial charge in [-0.3, -0.25) is 9.10 Å². The van der Waals surface area contributed by atoms with Gasteiger partial charge in [0.15, 0.2) is 0 Å². The van der Waals surface area contributed by atoms with Crippen LogP contribution in [0.15, 0.2) is 108 Å². The number of rotatable bonds is 8. The van der Waals surface area contributed by atoms with Crippen LogP contribution in [-0.2, 0) is 23.0 Å². The molecule has 1 N–H and O–H groups in total. The summed E-state index contributed by atoms with van der Waals surface area (Å²) in [6.45, 7) is 0.0752. The Kier molecular flexibility index (Phi) is 7.47. The van der Waals surface area contributed by atoms with E-state index in [0.717, 1.165) is 30.4 Å². The molecule has 4 aromatic rings. The number of nitrogens with zero attached hydrogens (tertiary/aromatic N) is 1. The fourth-order valence-electron chi connectivity index (χ4n) is 4.95. The van der Waals surface area contributed by atoms with E-state index in [1.165, 1.54) is 29.1 Å². The number of carbonyl (C=O) groups excluding carboxylic acids is 1. The van der Waals surface area contributed by atoms with Gasteiger partial charge in [0.05, 0.1) is 35.8 Å². The molecule has 1 aliphatic rings. The maximum absolute atomic E-state index is 14.0. The number of ether oxygens (including phenoxy) is 1. The monoisotopic (exact) mass is 526 g/mol. The Morgan fingerprint density at radius 3 is 2.34 bits per heavy atom. The quantitative estimate of drug-likeness (QED) is 0.310. The van der Waals surface area contributed by atoms with E-state index in [9.17, 15) is 13.2 Å². The Morgan fingerprint density at radius 2 is 1.58 bits per heavy atom. The molecule has 0 heterocycles. The largest absolute Gasteiger partial charge is 0.497 e. The number of para-hydroxylation sites is 1. The van der Waals surface area contributed by atoms with E-state index in [1.807, 2.05) is 42.5 Å². The highest BCUT2D eigenvalue weighted by molar-refractivity contribution is 7.92. The number of sulfonamides is 1. The van der Waals surface area contributed by atoms with E-state index in [4.69, 9.17) is 4.74 Å². The Hall–Kier alpha value is -4.10. The summed E-state index contributed by atoms with van der Waals surface area (Å²) in [6, 6.07) is 30.6. The average Bonchev–Trinajstić information content (AvgIpc) is 2.96. The number of aryl methyl sites for hydroxylation is 1. The normalized spacial score (nSPS) is 14.8. The number of methoxy groups -OCH3 is 1. The van der Waals surface area contributed by atoms with Crippen molar-refractivity contribution >= 4 is 21.6 Å². The van der Waals surface area contributed by atoms with E-state index in [2.05, 4.69) is 17.4 Å². The number of benzene rings is 4. The van der Waals surface area contributed by atoms with Crippen molar-refractivity contribution in [1.29, 1.82) is 0 Å². The molecule has 0 bridgehead atoms. The second-order valence-electron chi connectivity index (χ2n) is 9.31. The molecule has 0 fully saturated rings. The summed E-state index contributed by atoms with van der Waals surface area (Å²) in [5, 5.41) is 3.18. The highest BCUT2D eigenvalue weighted by Gasteiger charge is 2.30. The molecule has 0 spiro atoms. The van der Waals surface area contributed by atoms with E-state index in [1.54, 1.807) is 36.4 Å². The first-order chi connectivity index (χ1) is 18.5. The number of nitrogens with one attached hydrogen (secondary N) is 1. The topological polar surface area (TPSA) is 75.7 Å². The molecule has 1 atom stereocenters. The van der Waals surface area contributed by atoms with Crippen molar-refractivity contribution in [3.05, 3.63) is 125 Å². The van der Waals surface area contributed by atoms with Gasteiger partial charge >= 0.3 is 0 Å². The van der Waals surface area contributed by atoms with Gasteiger partial charge in [-0.1, -0.05) is 66.7 Å². The minimum Gasteiger partial charge on any atom is -0.497 e. The van der Waals surface area contributed by atoms with Crippen LogP contribution < -0.4 is 14.4 Å². The van der Waals surface area contributed by atoms with Crippen molar-refractivity contribution < 1.29 is 17.9 Å². The summed E-state index contributed by atoms with van der Waals surface area (Å²) in [6.07, 6.45) is 2.81. The third kappa shape index (κ3) is 5.29. The van der Waals surface area contributed by atoms with Crippen molar-refractivity contribution in [2.75, 3.05) is 11.4 Å². The molecule has 0 unspecified atom stereocenters. The summed E-state index contributed by atoms with van der Waals surface area (Å²) in [5.41, 5.74) is 3.81. The maximum atomic E-state index is 14.0. The number of anilines is 1. The minimum absolute atomic E-state index is 0.0752. The Balaban J connectivity index is 1.53. The molecule has 0 saturated heterocycles. The lowest BCUT2D eigenvalue weighted by molar-refractivity contribution is 0.0933. The molecule has 38 heavy (non-hydrogen) atoms. The van der Waals surface area contributed by atoms with Crippen LogP contribution in [0.4, 0.5) is 5.69 Å². The Bertz CT molecular complexity index is 1520. The first kappa shape index (κ1) is 25.5. The summed E-state index contributed by atoms with van der Waals surface area (Å²) in [4.78, 5) is 13.8. The lowest BCUT2D eigenvalue weighted by Gasteiger charge is -2.29. The first-order valence-corrected chi connectivity index (χ1v) is 14.1. The Morgan fingerprint density at radius 1 is 0.895 bits per heavy atom. The van der Waals surface area contributed by atoms with Crippen LogP contribution in [-0.4, -0.2) is 21.4 Å². The van der Waals surface area contributed by atoms with Gasteiger partial charge < -0.3 is 10.1 Å². The van der Waals surface area contributed by atoms with Crippen LogP contribution >= 0.6 is 0 Å². The fourth-order valence-corrected chi connectivity index (χ4v) is 6.42. The molecular weight excluding hydrogens is 496 g/mol. The van der Waals surface area contributed by atoms with Crippen LogP contribution in [0, 0.1) is 0 Å². The summed E-state index contributed by atoms with van der Waals surface area (Å²) < 4.78 is 34.6. The maximum Gasteiger partial charge on any atom is 0.264 e. The van der Waals surface area contributed by atoms with Gasteiger partial charge in [-0.25, -0.2) is 8.42 Å². The molecule has 0 radical (unpaired) electrons. The number of amides is 1. The lowest BCUT2D eigenvalue weighted by Crippen LogP contribution is -2.35. The summed E-state index contributed by atoms with van der Waals surface area (Å²) in [5.74, 6) is 0.261. The fraction of sp³-hybridized carbons (Fsp3) is 0.194. The van der Waals surface area contributed by atoms with E-state index >= 15 is 0 Å². The molecule has 0 aromatic heterocycles. The van der Waals surface area contributed by atoms with Crippen LogP contribution in [0.2, 0.25) is 0 Å². The van der Waals surface area contributed by atoms with Gasteiger partial charge in [0.1, 0.15) is 5.75 Å². The third-order valence-electron chi connectivity index (χ3n) is 6.91. The molecular formula is C31H30N2O4S. The zero-order chi connectivity index (χ0) is 26.5. The molecule has 0 aliphatic heterocycles. The van der Waals surface area contributed by atoms with Crippen molar-refractivity contribution in [3.63, 3.8) is 0 Å². The molecule has 194 valence electrons. The summed E-state index contributed by atoms with van der Waals surface area (Å²) >= 11 is 0. The van der Waals surface area contributed by atoms with Crippen molar-refractivity contribution in [2.24, 2.45) is 0 Å². The predicted octanol–water partition coefficient (Wildman–Crippen LogP) is 5.90. The number of carbonyl (C=O) groups is 1. The molecule has 1 amide bonds. The van der Waals surface area contributed by atoms with E-state index < -0.39 is 10.0 Å². The highest BCUT2D eigenvalue weighted by atomic mass is 32.2. The van der Waals surface area contributed by atoms with Crippen LogP contribution in [0.5, 0.6) is 5.75 Å². The second kappa shape index (κ2) is 11.1. The molecule has 4 aromatic carbocycles. The number of hydrogen-bond donors (Lipinski definition) is 1. The van der Waals surface area contributed by atoms with Crippen LogP contribution in [0.25, 0.3) is 0 Å². The molecule has 7 heteroatoms. The predicted molar refractivity (Wildman–Crippen MR) is 149 cm³/mol. The standard InChI is InChI=1S/C31H30N2O4S/c1-37-25-18-20-26(21-19-25)38(35,36)33(22-23-10-3-2-4-11-23)30-17-8-7-15-28(30)31(34)32-29-16-9-13-24-12-5-6-14-27(24)29/h2-8,10-12,14-15,17-21,29H,9,13,16,22H2,1H3,(H,32,34)/t29-/m0/s1. The SMILES string of the molecule is COc1ccc(S(=O)(=O)N(Cc2ccccc2)c2ccccc2C(=O)N[C@H]2CCCc3ccccc32)cc1. The minimum atomic E-state index is -4.02. The van der Waals surface area contributed by atoms with Gasteiger partial charge in [0, 0.05) is 0 Å². The first-order valence-electron chi connectivity index (χ1n) is 12.7. The van der Waals surface area contributed by atoms with Crippen LogP contribution in [0.3, 0.4) is 0 Å². The van der Waals surface area contributed by atoms with E-state index in [-0.39, 0.29) is 23.4 Å². The molecule has 6 nitrogen and oxygen atoms in total. The molecule has 0 saturated carbocycles. The van der Waals surface area contributed by atoms with Gasteiger partial charge in [-0.2, -0.15) is 0 Å². The smallest absolute Gasteiger partial charge is 0.264 e. The van der Waals surface area contributed by atoms with Crippen molar-refractivity contribution in [2.45, 2.75) is 36.7 Å². The highest BCUT2D eigenvalue weighted by Crippen LogP contribution is 2.33. The van der Waals surface area contributed by atoms with Gasteiger partial charge in [0.25, 0.3) is 15.9 Å². The molecule has 1 aliphatic carbocycles. The molecule has 5 rings (SSSR count). The van der Waals surface area contributed by atoms with Crippen molar-refractivity contribution in [3.8, 4) is 5.75 Å². The van der Waals surface area contributed by atoms with Gasteiger partial charge in [0.2, 0.25) is 0 Å². The van der Waals surface area contributed by atoms with Gasteiger partial charge in [-0.05, 0) is 72.4 Å². The second-order valence-corrected chi connectivity index (χ2v) is 11.2.